The van der Waals surface area contributed by atoms with Gasteiger partial charge in [0.15, 0.2) is 0 Å². The van der Waals surface area contributed by atoms with Crippen molar-refractivity contribution in [2.45, 2.75) is 12.8 Å². The molecule has 0 unspecified atom stereocenters. The van der Waals surface area contributed by atoms with E-state index in [0.29, 0.717) is 26.2 Å². The van der Waals surface area contributed by atoms with Crippen molar-refractivity contribution >= 4 is 17.5 Å². The molecule has 0 aliphatic carbocycles. The van der Waals surface area contributed by atoms with Crippen molar-refractivity contribution < 1.29 is 9.59 Å². The van der Waals surface area contributed by atoms with E-state index in [0.717, 1.165) is 43.7 Å². The second kappa shape index (κ2) is 7.10. The highest BCUT2D eigenvalue weighted by Crippen LogP contribution is 2.27. The monoisotopic (exact) mass is 316 g/mol. The summed E-state index contributed by atoms with van der Waals surface area (Å²) in [6.45, 7) is 4.85. The van der Waals surface area contributed by atoms with Crippen molar-refractivity contribution in [2.24, 2.45) is 5.73 Å². The number of aryl methyl sites for hydroxylation is 1. The van der Waals surface area contributed by atoms with E-state index in [1.807, 2.05) is 24.3 Å². The smallest absolute Gasteiger partial charge is 0.316 e. The Morgan fingerprint density at radius 1 is 1.00 bits per heavy atom. The predicted molar refractivity (Wildman–Crippen MR) is 89.2 cm³/mol. The van der Waals surface area contributed by atoms with Crippen LogP contribution in [0.3, 0.4) is 0 Å². The molecule has 6 nitrogen and oxygen atoms in total. The normalized spacial score (nSPS) is 18.7. The molecule has 1 aromatic carbocycles. The van der Waals surface area contributed by atoms with Gasteiger partial charge in [0.05, 0.1) is 0 Å². The number of nitrogens with zero attached hydrogens (tertiary/aromatic N) is 3. The van der Waals surface area contributed by atoms with Gasteiger partial charge in [-0.05, 0) is 24.5 Å². The molecule has 2 amide bonds. The lowest BCUT2D eigenvalue weighted by Gasteiger charge is -2.36. The van der Waals surface area contributed by atoms with Crippen molar-refractivity contribution in [3.8, 4) is 0 Å². The van der Waals surface area contributed by atoms with E-state index < -0.39 is 5.91 Å². The van der Waals surface area contributed by atoms with Crippen molar-refractivity contribution in [1.82, 2.24) is 9.80 Å². The summed E-state index contributed by atoms with van der Waals surface area (Å²) >= 11 is 0. The minimum absolute atomic E-state index is 0.380. The molecule has 0 bridgehead atoms. The topological polar surface area (TPSA) is 69.9 Å². The lowest BCUT2D eigenvalue weighted by molar-refractivity contribution is -0.145. The first kappa shape index (κ1) is 16.0. The number of carbonyl (C=O) groups is 2. The molecule has 0 radical (unpaired) electrons. The number of benzene rings is 1. The Morgan fingerprint density at radius 3 is 2.48 bits per heavy atom. The van der Waals surface area contributed by atoms with Crippen LogP contribution in [-0.4, -0.2) is 67.4 Å². The number of rotatable bonds is 2. The van der Waals surface area contributed by atoms with E-state index in [4.69, 9.17) is 5.73 Å². The number of nitrogens with two attached hydrogens (primary N) is 1. The molecule has 6 heteroatoms. The highest BCUT2D eigenvalue weighted by molar-refractivity contribution is 6.40. The average Bonchev–Trinajstić information content (AvgIpc) is 2.61. The summed E-state index contributed by atoms with van der Waals surface area (Å²) in [5.41, 5.74) is 7.60. The zero-order valence-electron chi connectivity index (χ0n) is 13.4. The number of fused-ring (bicyclic) bond motifs is 1. The van der Waals surface area contributed by atoms with Crippen LogP contribution in [0.25, 0.3) is 0 Å². The van der Waals surface area contributed by atoms with Gasteiger partial charge in [-0.2, -0.15) is 0 Å². The van der Waals surface area contributed by atoms with Gasteiger partial charge in [-0.3, -0.25) is 14.5 Å². The molecule has 2 N–H and O–H groups in total. The molecule has 0 atom stereocenters. The number of piperazine rings is 1. The Hall–Kier alpha value is -1.92. The first-order valence-electron chi connectivity index (χ1n) is 8.32. The molecule has 2 aliphatic rings. The third-order valence-electron chi connectivity index (χ3n) is 4.64. The standard InChI is InChI=1S/C17H24N4O2/c18-7-9-19-10-12-20(13-11-19)16(22)17(23)21-8-3-5-14-4-1-2-6-15(14)21/h1-2,4,6H,3,5,7-13,18H2. The van der Waals surface area contributed by atoms with Gasteiger partial charge in [-0.25, -0.2) is 0 Å². The largest absolute Gasteiger partial charge is 0.332 e. The average molecular weight is 316 g/mol. The molecule has 124 valence electrons. The lowest BCUT2D eigenvalue weighted by atomic mass is 10.0. The highest BCUT2D eigenvalue weighted by Gasteiger charge is 2.32. The fourth-order valence-corrected chi connectivity index (χ4v) is 3.35. The number of anilines is 1. The molecule has 2 heterocycles. The number of amides is 2. The van der Waals surface area contributed by atoms with Gasteiger partial charge in [0, 0.05) is 51.5 Å². The Balaban J connectivity index is 1.66. The fraction of sp³-hybridized carbons (Fsp3) is 0.529. The maximum absolute atomic E-state index is 12.7. The van der Waals surface area contributed by atoms with E-state index in [1.165, 1.54) is 0 Å². The van der Waals surface area contributed by atoms with Gasteiger partial charge in [0.1, 0.15) is 0 Å². The number of carbonyl (C=O) groups excluding carboxylic acids is 2. The molecule has 1 aromatic rings. The van der Waals surface area contributed by atoms with Crippen LogP contribution in [0.15, 0.2) is 24.3 Å². The van der Waals surface area contributed by atoms with Gasteiger partial charge in [-0.15, -0.1) is 0 Å². The molecule has 2 aliphatic heterocycles. The predicted octanol–water partition coefficient (Wildman–Crippen LogP) is 0.0687. The van der Waals surface area contributed by atoms with Gasteiger partial charge in [-0.1, -0.05) is 18.2 Å². The summed E-state index contributed by atoms with van der Waals surface area (Å²) in [5, 5.41) is 0. The zero-order valence-corrected chi connectivity index (χ0v) is 13.4. The van der Waals surface area contributed by atoms with Crippen LogP contribution in [0.1, 0.15) is 12.0 Å². The third-order valence-corrected chi connectivity index (χ3v) is 4.64. The Kier molecular flexibility index (Phi) is 4.93. The molecule has 0 aromatic heterocycles. The van der Waals surface area contributed by atoms with Crippen LogP contribution in [0.4, 0.5) is 5.69 Å². The molecule has 1 saturated heterocycles. The Morgan fingerprint density at radius 2 is 1.74 bits per heavy atom. The van der Waals surface area contributed by atoms with Gasteiger partial charge in [0.2, 0.25) is 0 Å². The summed E-state index contributed by atoms with van der Waals surface area (Å²) in [6, 6.07) is 7.86. The summed E-state index contributed by atoms with van der Waals surface area (Å²) in [4.78, 5) is 30.8. The van der Waals surface area contributed by atoms with Crippen molar-refractivity contribution in [2.75, 3.05) is 50.7 Å². The maximum Gasteiger partial charge on any atom is 0.316 e. The zero-order chi connectivity index (χ0) is 16.2. The second-order valence-corrected chi connectivity index (χ2v) is 6.11. The number of hydrogen-bond donors (Lipinski definition) is 1. The van der Waals surface area contributed by atoms with E-state index in [1.54, 1.807) is 9.80 Å². The van der Waals surface area contributed by atoms with Gasteiger partial charge < -0.3 is 15.5 Å². The van der Waals surface area contributed by atoms with Crippen LogP contribution >= 0.6 is 0 Å². The quantitative estimate of drug-likeness (QED) is 0.784. The highest BCUT2D eigenvalue weighted by atomic mass is 16.2. The molecular weight excluding hydrogens is 292 g/mol. The molecule has 0 spiro atoms. The molecule has 23 heavy (non-hydrogen) atoms. The van der Waals surface area contributed by atoms with Crippen molar-refractivity contribution in [1.29, 1.82) is 0 Å². The Labute approximate surface area is 136 Å². The minimum Gasteiger partial charge on any atom is -0.332 e. The van der Waals surface area contributed by atoms with Crippen LogP contribution in [0.2, 0.25) is 0 Å². The molecule has 0 saturated carbocycles. The van der Waals surface area contributed by atoms with Gasteiger partial charge in [0.25, 0.3) is 0 Å². The van der Waals surface area contributed by atoms with Crippen LogP contribution < -0.4 is 10.6 Å². The second-order valence-electron chi connectivity index (χ2n) is 6.11. The first-order chi connectivity index (χ1) is 11.2. The Bertz CT molecular complexity index is 582. The lowest BCUT2D eigenvalue weighted by Crippen LogP contribution is -2.54. The minimum atomic E-state index is -0.399. The van der Waals surface area contributed by atoms with Crippen molar-refractivity contribution in [3.05, 3.63) is 29.8 Å². The number of hydrogen-bond acceptors (Lipinski definition) is 4. The summed E-state index contributed by atoms with van der Waals surface area (Å²) in [7, 11) is 0. The molecule has 1 fully saturated rings. The van der Waals surface area contributed by atoms with Crippen LogP contribution in [0, 0.1) is 0 Å². The summed E-state index contributed by atoms with van der Waals surface area (Å²) < 4.78 is 0. The van der Waals surface area contributed by atoms with E-state index in [9.17, 15) is 9.59 Å². The van der Waals surface area contributed by atoms with Crippen LogP contribution in [-0.2, 0) is 16.0 Å². The summed E-state index contributed by atoms with van der Waals surface area (Å²) in [5.74, 6) is -0.779. The molecule has 3 rings (SSSR count). The SMILES string of the molecule is NCCN1CCN(C(=O)C(=O)N2CCCc3ccccc32)CC1. The summed E-state index contributed by atoms with van der Waals surface area (Å²) in [6.07, 6.45) is 1.87. The number of para-hydroxylation sites is 1. The van der Waals surface area contributed by atoms with Crippen LogP contribution in [0.5, 0.6) is 0 Å². The third kappa shape index (κ3) is 3.38. The first-order valence-corrected chi connectivity index (χ1v) is 8.32. The maximum atomic E-state index is 12.7. The van der Waals surface area contributed by atoms with Crippen molar-refractivity contribution in [3.63, 3.8) is 0 Å². The van der Waals surface area contributed by atoms with Gasteiger partial charge >= 0.3 is 11.8 Å². The van der Waals surface area contributed by atoms with E-state index >= 15 is 0 Å². The van der Waals surface area contributed by atoms with E-state index in [-0.39, 0.29) is 5.91 Å². The fourth-order valence-electron chi connectivity index (χ4n) is 3.35. The van der Waals surface area contributed by atoms with E-state index in [2.05, 4.69) is 4.90 Å². The molecular formula is C17H24N4O2.